The summed E-state index contributed by atoms with van der Waals surface area (Å²) in [4.78, 5) is 24.8. The average molecular weight is 331 g/mol. The van der Waals surface area contributed by atoms with Crippen molar-refractivity contribution >= 4 is 35.0 Å². The number of carbonyl (C=O) groups excluding carboxylic acids is 2. The lowest BCUT2D eigenvalue weighted by molar-refractivity contribution is -0.136. The van der Waals surface area contributed by atoms with Crippen LogP contribution in [0.1, 0.15) is 12.8 Å². The minimum absolute atomic E-state index is 0.0702. The van der Waals surface area contributed by atoms with E-state index in [1.165, 1.54) is 0 Å². The minimum Gasteiger partial charge on any atom is -0.484 e. The van der Waals surface area contributed by atoms with Crippen LogP contribution in [-0.4, -0.2) is 36.4 Å². The molecule has 0 bridgehead atoms. The molecular weight excluding hydrogens is 315 g/mol. The average Bonchev–Trinajstić information content (AvgIpc) is 2.48. The number of carbonyl (C=O) groups is 2. The van der Waals surface area contributed by atoms with E-state index in [0.717, 1.165) is 0 Å². The number of piperidine rings is 1. The lowest BCUT2D eigenvalue weighted by Gasteiger charge is -2.30. The first-order valence-corrected chi connectivity index (χ1v) is 7.38. The van der Waals surface area contributed by atoms with Crippen molar-refractivity contribution in [3.05, 3.63) is 28.2 Å². The predicted molar refractivity (Wildman–Crippen MR) is 80.5 cm³/mol. The summed E-state index contributed by atoms with van der Waals surface area (Å²) in [6, 6.07) is 4.83. The van der Waals surface area contributed by atoms with Gasteiger partial charge >= 0.3 is 0 Å². The second kappa shape index (κ2) is 7.00. The van der Waals surface area contributed by atoms with Gasteiger partial charge in [0.2, 0.25) is 5.91 Å². The molecule has 1 saturated heterocycles. The van der Waals surface area contributed by atoms with E-state index in [1.807, 2.05) is 0 Å². The minimum atomic E-state index is -0.297. The van der Waals surface area contributed by atoms with Crippen LogP contribution in [0.5, 0.6) is 5.75 Å². The summed E-state index contributed by atoms with van der Waals surface area (Å²) < 4.78 is 5.41. The second-order valence-corrected chi connectivity index (χ2v) is 5.74. The lowest BCUT2D eigenvalue weighted by atomic mass is 9.96. The molecule has 114 valence electrons. The summed E-state index contributed by atoms with van der Waals surface area (Å²) in [5.41, 5.74) is 5.26. The summed E-state index contributed by atoms with van der Waals surface area (Å²) in [7, 11) is 0. The third-order valence-corrected chi connectivity index (χ3v) is 4.24. The molecule has 5 nitrogen and oxygen atoms in total. The molecule has 1 aromatic carbocycles. The fourth-order valence-electron chi connectivity index (χ4n) is 2.22. The molecule has 1 aliphatic heterocycles. The molecule has 1 aliphatic rings. The zero-order valence-corrected chi connectivity index (χ0v) is 12.9. The van der Waals surface area contributed by atoms with Gasteiger partial charge in [0, 0.05) is 25.1 Å². The Morgan fingerprint density at radius 1 is 1.24 bits per heavy atom. The van der Waals surface area contributed by atoms with Gasteiger partial charge in [-0.2, -0.15) is 0 Å². The number of rotatable bonds is 4. The van der Waals surface area contributed by atoms with E-state index in [0.29, 0.717) is 41.7 Å². The van der Waals surface area contributed by atoms with Gasteiger partial charge < -0.3 is 15.4 Å². The van der Waals surface area contributed by atoms with Gasteiger partial charge in [-0.3, -0.25) is 9.59 Å². The Kier molecular flexibility index (Phi) is 5.31. The molecule has 0 saturated carbocycles. The number of likely N-dealkylation sites (tertiary alicyclic amines) is 1. The number of amides is 2. The van der Waals surface area contributed by atoms with Gasteiger partial charge in [0.05, 0.1) is 10.0 Å². The highest BCUT2D eigenvalue weighted by Gasteiger charge is 2.25. The topological polar surface area (TPSA) is 72.6 Å². The van der Waals surface area contributed by atoms with Crippen molar-refractivity contribution in [1.29, 1.82) is 0 Å². The fourth-order valence-corrected chi connectivity index (χ4v) is 2.50. The maximum absolute atomic E-state index is 12.0. The highest BCUT2D eigenvalue weighted by Crippen LogP contribution is 2.26. The van der Waals surface area contributed by atoms with Crippen molar-refractivity contribution in [1.82, 2.24) is 4.90 Å². The number of hydrogen-bond donors (Lipinski definition) is 1. The first kappa shape index (κ1) is 15.9. The van der Waals surface area contributed by atoms with Gasteiger partial charge in [-0.25, -0.2) is 0 Å². The number of primary amides is 1. The van der Waals surface area contributed by atoms with Crippen LogP contribution in [0.4, 0.5) is 0 Å². The van der Waals surface area contributed by atoms with Crippen LogP contribution in [0, 0.1) is 5.92 Å². The second-order valence-electron chi connectivity index (χ2n) is 4.92. The van der Waals surface area contributed by atoms with Crippen molar-refractivity contribution < 1.29 is 14.3 Å². The van der Waals surface area contributed by atoms with Crippen LogP contribution in [0.2, 0.25) is 10.0 Å². The zero-order chi connectivity index (χ0) is 15.4. The monoisotopic (exact) mass is 330 g/mol. The number of hydrogen-bond acceptors (Lipinski definition) is 3. The van der Waals surface area contributed by atoms with Gasteiger partial charge in [0.15, 0.2) is 6.61 Å². The van der Waals surface area contributed by atoms with Crippen molar-refractivity contribution in [2.45, 2.75) is 12.8 Å². The van der Waals surface area contributed by atoms with E-state index < -0.39 is 0 Å². The summed E-state index contributed by atoms with van der Waals surface area (Å²) in [6.07, 6.45) is 1.21. The molecular formula is C14H16Cl2N2O3. The van der Waals surface area contributed by atoms with Gasteiger partial charge in [0.25, 0.3) is 5.91 Å². The van der Waals surface area contributed by atoms with E-state index in [9.17, 15) is 9.59 Å². The Morgan fingerprint density at radius 2 is 1.90 bits per heavy atom. The van der Waals surface area contributed by atoms with Gasteiger partial charge in [-0.05, 0) is 25.0 Å². The number of benzene rings is 1. The number of nitrogens with two attached hydrogens (primary N) is 1. The lowest BCUT2D eigenvalue weighted by Crippen LogP contribution is -2.43. The molecule has 0 atom stereocenters. The summed E-state index contributed by atoms with van der Waals surface area (Å²) in [6.45, 7) is 0.980. The maximum Gasteiger partial charge on any atom is 0.260 e. The van der Waals surface area contributed by atoms with Crippen LogP contribution in [-0.2, 0) is 9.59 Å². The summed E-state index contributed by atoms with van der Waals surface area (Å²) >= 11 is 11.7. The Labute approximate surface area is 132 Å². The Bertz CT molecular complexity index is 543. The Morgan fingerprint density at radius 3 is 2.48 bits per heavy atom. The van der Waals surface area contributed by atoms with Crippen LogP contribution in [0.3, 0.4) is 0 Å². The molecule has 0 aliphatic carbocycles. The SMILES string of the molecule is NC(=O)C1CCN(C(=O)COc2ccc(Cl)c(Cl)c2)CC1. The van der Waals surface area contributed by atoms with E-state index in [4.69, 9.17) is 33.7 Å². The predicted octanol–water partition coefficient (Wildman–Crippen LogP) is 2.10. The summed E-state index contributed by atoms with van der Waals surface area (Å²) in [5, 5.41) is 0.813. The molecule has 0 unspecified atom stereocenters. The van der Waals surface area contributed by atoms with Crippen molar-refractivity contribution in [2.75, 3.05) is 19.7 Å². The van der Waals surface area contributed by atoms with Gasteiger partial charge in [0.1, 0.15) is 5.75 Å². The Hall–Kier alpha value is -1.46. The molecule has 1 heterocycles. The molecule has 21 heavy (non-hydrogen) atoms. The smallest absolute Gasteiger partial charge is 0.260 e. The third kappa shape index (κ3) is 4.25. The fraction of sp³-hybridized carbons (Fsp3) is 0.429. The van der Waals surface area contributed by atoms with Crippen LogP contribution in [0.15, 0.2) is 18.2 Å². The largest absolute Gasteiger partial charge is 0.484 e. The number of halogens is 2. The van der Waals surface area contributed by atoms with Crippen LogP contribution in [0.25, 0.3) is 0 Å². The van der Waals surface area contributed by atoms with Crippen molar-refractivity contribution in [3.8, 4) is 5.75 Å². The standard InChI is InChI=1S/C14H16Cl2N2O3/c15-11-2-1-10(7-12(11)16)21-8-13(19)18-5-3-9(4-6-18)14(17)20/h1-2,7,9H,3-6,8H2,(H2,17,20). The van der Waals surface area contributed by atoms with Crippen molar-refractivity contribution in [2.24, 2.45) is 11.7 Å². The van der Waals surface area contributed by atoms with E-state index in [1.54, 1.807) is 23.1 Å². The zero-order valence-electron chi connectivity index (χ0n) is 11.4. The third-order valence-electron chi connectivity index (χ3n) is 3.50. The quantitative estimate of drug-likeness (QED) is 0.918. The molecule has 1 aromatic rings. The molecule has 2 amide bonds. The van der Waals surface area contributed by atoms with E-state index in [-0.39, 0.29) is 24.3 Å². The van der Waals surface area contributed by atoms with Crippen molar-refractivity contribution in [3.63, 3.8) is 0 Å². The molecule has 0 radical (unpaired) electrons. The van der Waals surface area contributed by atoms with Gasteiger partial charge in [-0.1, -0.05) is 23.2 Å². The first-order valence-electron chi connectivity index (χ1n) is 6.62. The molecule has 2 rings (SSSR count). The van der Waals surface area contributed by atoms with Crippen LogP contribution >= 0.6 is 23.2 Å². The molecule has 0 aromatic heterocycles. The maximum atomic E-state index is 12.0. The molecule has 7 heteroatoms. The molecule has 1 fully saturated rings. The van der Waals surface area contributed by atoms with Crippen LogP contribution < -0.4 is 10.5 Å². The number of nitrogens with zero attached hydrogens (tertiary/aromatic N) is 1. The normalized spacial score (nSPS) is 15.8. The summed E-state index contributed by atoms with van der Waals surface area (Å²) in [5.74, 6) is -0.0621. The van der Waals surface area contributed by atoms with E-state index in [2.05, 4.69) is 0 Å². The van der Waals surface area contributed by atoms with Gasteiger partial charge in [-0.15, -0.1) is 0 Å². The highest BCUT2D eigenvalue weighted by atomic mass is 35.5. The highest BCUT2D eigenvalue weighted by molar-refractivity contribution is 6.42. The van der Waals surface area contributed by atoms with E-state index >= 15 is 0 Å². The Balaban J connectivity index is 1.82. The molecule has 0 spiro atoms. The molecule has 2 N–H and O–H groups in total. The first-order chi connectivity index (χ1) is 9.97. The number of ether oxygens (including phenoxy) is 1.